The number of benzene rings is 2. The van der Waals surface area contributed by atoms with Crippen molar-refractivity contribution in [2.24, 2.45) is 0 Å². The third-order valence-electron chi connectivity index (χ3n) is 3.12. The van der Waals surface area contributed by atoms with E-state index in [9.17, 15) is 13.2 Å². The Morgan fingerprint density at radius 2 is 1.57 bits per heavy atom. The lowest BCUT2D eigenvalue weighted by molar-refractivity contribution is 0.0951. The summed E-state index contributed by atoms with van der Waals surface area (Å²) in [6, 6.07) is 13.8. The molecule has 0 unspecified atom stereocenters. The van der Waals surface area contributed by atoms with Gasteiger partial charge in [0.25, 0.3) is 5.91 Å². The largest absolute Gasteiger partial charge is 0.348 e. The minimum atomic E-state index is -3.24. The summed E-state index contributed by atoms with van der Waals surface area (Å²) in [6.45, 7) is 2.44. The van der Waals surface area contributed by atoms with Gasteiger partial charge in [0, 0.05) is 18.4 Å². The number of amides is 1. The first-order valence-electron chi connectivity index (χ1n) is 6.50. The highest BCUT2D eigenvalue weighted by atomic mass is 32.2. The lowest BCUT2D eigenvalue weighted by atomic mass is 10.1. The number of aryl methyl sites for hydroxylation is 1. The number of hydrogen-bond acceptors (Lipinski definition) is 3. The average Bonchev–Trinajstić information content (AvgIpc) is 2.45. The van der Waals surface area contributed by atoms with Gasteiger partial charge in [-0.15, -0.1) is 0 Å². The number of carbonyl (C=O) groups is 1. The average molecular weight is 303 g/mol. The third-order valence-corrected chi connectivity index (χ3v) is 4.25. The van der Waals surface area contributed by atoms with E-state index in [2.05, 4.69) is 5.32 Å². The Morgan fingerprint density at radius 3 is 2.10 bits per heavy atom. The van der Waals surface area contributed by atoms with E-state index in [1.165, 1.54) is 29.8 Å². The van der Waals surface area contributed by atoms with Crippen LogP contribution in [0, 0.1) is 6.92 Å². The molecular weight excluding hydrogens is 286 g/mol. The summed E-state index contributed by atoms with van der Waals surface area (Å²) in [5, 5.41) is 2.80. The van der Waals surface area contributed by atoms with Crippen LogP contribution < -0.4 is 5.32 Å². The van der Waals surface area contributed by atoms with Gasteiger partial charge < -0.3 is 5.32 Å². The van der Waals surface area contributed by atoms with Crippen LogP contribution in [-0.4, -0.2) is 20.6 Å². The van der Waals surface area contributed by atoms with Crippen molar-refractivity contribution < 1.29 is 13.2 Å². The van der Waals surface area contributed by atoms with E-state index in [4.69, 9.17) is 0 Å². The van der Waals surface area contributed by atoms with Crippen LogP contribution in [0.2, 0.25) is 0 Å². The van der Waals surface area contributed by atoms with Gasteiger partial charge in [-0.05, 0) is 36.8 Å². The van der Waals surface area contributed by atoms with Crippen molar-refractivity contribution in [1.82, 2.24) is 5.32 Å². The van der Waals surface area contributed by atoms with Gasteiger partial charge in [-0.3, -0.25) is 4.79 Å². The van der Waals surface area contributed by atoms with Crippen LogP contribution in [0.1, 0.15) is 21.5 Å². The molecule has 0 aliphatic rings. The lowest BCUT2D eigenvalue weighted by Gasteiger charge is -2.06. The van der Waals surface area contributed by atoms with Crippen LogP contribution >= 0.6 is 0 Å². The first kappa shape index (κ1) is 15.3. The molecule has 0 aromatic heterocycles. The predicted octanol–water partition coefficient (Wildman–Crippen LogP) is 2.33. The molecule has 0 saturated carbocycles. The lowest BCUT2D eigenvalue weighted by Crippen LogP contribution is -2.22. The smallest absolute Gasteiger partial charge is 0.251 e. The first-order chi connectivity index (χ1) is 9.86. The van der Waals surface area contributed by atoms with Gasteiger partial charge in [-0.2, -0.15) is 0 Å². The molecule has 0 saturated heterocycles. The van der Waals surface area contributed by atoms with E-state index in [-0.39, 0.29) is 10.8 Å². The van der Waals surface area contributed by atoms with Crippen LogP contribution in [0.5, 0.6) is 0 Å². The number of sulfone groups is 1. The summed E-state index contributed by atoms with van der Waals surface area (Å²) in [7, 11) is -3.24. The standard InChI is InChI=1S/C16H17NO3S/c1-12-3-5-13(6-4-12)11-17-16(18)14-7-9-15(10-8-14)21(2,19)20/h3-10H,11H2,1-2H3,(H,17,18). The second kappa shape index (κ2) is 6.10. The predicted molar refractivity (Wildman–Crippen MR) is 81.9 cm³/mol. The monoisotopic (exact) mass is 303 g/mol. The van der Waals surface area contributed by atoms with Crippen molar-refractivity contribution in [2.75, 3.05) is 6.26 Å². The second-order valence-electron chi connectivity index (χ2n) is 4.96. The summed E-state index contributed by atoms with van der Waals surface area (Å²) in [6.07, 6.45) is 1.14. The molecule has 0 heterocycles. The topological polar surface area (TPSA) is 63.2 Å². The summed E-state index contributed by atoms with van der Waals surface area (Å²) < 4.78 is 22.7. The maximum Gasteiger partial charge on any atom is 0.251 e. The summed E-state index contributed by atoms with van der Waals surface area (Å²) in [5.74, 6) is -0.226. The zero-order chi connectivity index (χ0) is 15.5. The maximum absolute atomic E-state index is 12.0. The van der Waals surface area contributed by atoms with Crippen LogP contribution in [0.15, 0.2) is 53.4 Å². The van der Waals surface area contributed by atoms with Gasteiger partial charge in [0.2, 0.25) is 0 Å². The Balaban J connectivity index is 2.02. The quantitative estimate of drug-likeness (QED) is 0.943. The van der Waals surface area contributed by atoms with Gasteiger partial charge in [0.15, 0.2) is 9.84 Å². The minimum absolute atomic E-state index is 0.206. The molecule has 0 spiro atoms. The van der Waals surface area contributed by atoms with Gasteiger partial charge >= 0.3 is 0 Å². The van der Waals surface area contributed by atoms with Gasteiger partial charge in [0.1, 0.15) is 0 Å². The van der Waals surface area contributed by atoms with Crippen molar-refractivity contribution in [2.45, 2.75) is 18.4 Å². The molecule has 1 amide bonds. The van der Waals surface area contributed by atoms with Crippen LogP contribution in [0.3, 0.4) is 0 Å². The van der Waals surface area contributed by atoms with Crippen molar-refractivity contribution in [3.63, 3.8) is 0 Å². The first-order valence-corrected chi connectivity index (χ1v) is 8.39. The van der Waals surface area contributed by atoms with E-state index in [0.29, 0.717) is 12.1 Å². The van der Waals surface area contributed by atoms with Crippen LogP contribution in [0.4, 0.5) is 0 Å². The fourth-order valence-corrected chi connectivity index (χ4v) is 2.47. The molecule has 0 aliphatic carbocycles. The molecule has 0 aliphatic heterocycles. The summed E-state index contributed by atoms with van der Waals surface area (Å²) in [4.78, 5) is 12.2. The molecule has 5 heteroatoms. The molecule has 1 N–H and O–H groups in total. The van der Waals surface area contributed by atoms with E-state index in [0.717, 1.165) is 11.8 Å². The number of carbonyl (C=O) groups excluding carboxylic acids is 1. The van der Waals surface area contributed by atoms with Crippen molar-refractivity contribution in [3.8, 4) is 0 Å². The molecule has 21 heavy (non-hydrogen) atoms. The fourth-order valence-electron chi connectivity index (χ4n) is 1.84. The number of rotatable bonds is 4. The van der Waals surface area contributed by atoms with E-state index < -0.39 is 9.84 Å². The Labute approximate surface area is 124 Å². The van der Waals surface area contributed by atoms with E-state index in [1.54, 1.807) is 0 Å². The molecule has 0 fully saturated rings. The molecule has 0 bridgehead atoms. The highest BCUT2D eigenvalue weighted by Gasteiger charge is 2.09. The Hall–Kier alpha value is -2.14. The molecule has 110 valence electrons. The van der Waals surface area contributed by atoms with Crippen LogP contribution in [-0.2, 0) is 16.4 Å². The molecule has 0 radical (unpaired) electrons. The highest BCUT2D eigenvalue weighted by molar-refractivity contribution is 7.90. The van der Waals surface area contributed by atoms with Gasteiger partial charge in [-0.25, -0.2) is 8.42 Å². The number of nitrogens with one attached hydrogen (secondary N) is 1. The third kappa shape index (κ3) is 4.16. The van der Waals surface area contributed by atoms with Crippen molar-refractivity contribution in [1.29, 1.82) is 0 Å². The molecule has 2 aromatic carbocycles. The maximum atomic E-state index is 12.0. The summed E-state index contributed by atoms with van der Waals surface area (Å²) >= 11 is 0. The van der Waals surface area contributed by atoms with Gasteiger partial charge in [-0.1, -0.05) is 29.8 Å². The minimum Gasteiger partial charge on any atom is -0.348 e. The normalized spacial score (nSPS) is 11.1. The van der Waals surface area contributed by atoms with E-state index in [1.807, 2.05) is 31.2 Å². The molecular formula is C16H17NO3S. The Morgan fingerprint density at radius 1 is 1.00 bits per heavy atom. The van der Waals surface area contributed by atoms with Crippen molar-refractivity contribution >= 4 is 15.7 Å². The zero-order valence-corrected chi connectivity index (χ0v) is 12.8. The van der Waals surface area contributed by atoms with Crippen molar-refractivity contribution in [3.05, 3.63) is 65.2 Å². The molecule has 0 atom stereocenters. The van der Waals surface area contributed by atoms with E-state index >= 15 is 0 Å². The molecule has 4 nitrogen and oxygen atoms in total. The SMILES string of the molecule is Cc1ccc(CNC(=O)c2ccc(S(C)(=O)=O)cc2)cc1. The fraction of sp³-hybridized carbons (Fsp3) is 0.188. The molecule has 2 rings (SSSR count). The van der Waals surface area contributed by atoms with Gasteiger partial charge in [0.05, 0.1) is 4.90 Å². The summed E-state index contributed by atoms with van der Waals surface area (Å²) in [5.41, 5.74) is 2.62. The Kier molecular flexibility index (Phi) is 4.43. The Bertz CT molecular complexity index is 732. The zero-order valence-electron chi connectivity index (χ0n) is 12.0. The van der Waals surface area contributed by atoms with Crippen LogP contribution in [0.25, 0.3) is 0 Å². The highest BCUT2D eigenvalue weighted by Crippen LogP contribution is 2.10. The second-order valence-corrected chi connectivity index (χ2v) is 6.98. The molecule has 2 aromatic rings. The number of hydrogen-bond donors (Lipinski definition) is 1.